The molecule has 1 saturated heterocycles. The van der Waals surface area contributed by atoms with E-state index in [1.165, 1.54) is 12.8 Å². The number of rotatable bonds is 7. The summed E-state index contributed by atoms with van der Waals surface area (Å²) >= 11 is 0. The normalized spacial score (nSPS) is 22.4. The number of hydrogen-bond donors (Lipinski definition) is 1. The molecule has 1 N–H and O–H groups in total. The molecule has 4 heteroatoms. The lowest BCUT2D eigenvalue weighted by molar-refractivity contribution is -0.130. The van der Waals surface area contributed by atoms with Crippen LogP contribution in [-0.4, -0.2) is 34.3 Å². The molecule has 1 unspecified atom stereocenters. The van der Waals surface area contributed by atoms with E-state index < -0.39 is 0 Å². The number of fused-ring (bicyclic) bond motifs is 1. The predicted octanol–water partition coefficient (Wildman–Crippen LogP) is 3.12. The molecule has 20 heavy (non-hydrogen) atoms. The average Bonchev–Trinajstić information content (AvgIpc) is 2.71. The van der Waals surface area contributed by atoms with E-state index in [0.717, 1.165) is 38.5 Å². The first-order chi connectivity index (χ1) is 9.66. The summed E-state index contributed by atoms with van der Waals surface area (Å²) in [4.78, 5) is 26.1. The summed E-state index contributed by atoms with van der Waals surface area (Å²) in [5, 5.41) is 10.2. The van der Waals surface area contributed by atoms with Crippen LogP contribution in [0, 0.1) is 0 Å². The summed E-state index contributed by atoms with van der Waals surface area (Å²) in [6.07, 6.45) is 8.48. The van der Waals surface area contributed by atoms with Gasteiger partial charge in [-0.2, -0.15) is 0 Å². The maximum Gasteiger partial charge on any atom is 0.261 e. The molecule has 112 valence electrons. The van der Waals surface area contributed by atoms with E-state index >= 15 is 0 Å². The molecular weight excluding hydrogens is 254 g/mol. The maximum atomic E-state index is 12.2. The summed E-state index contributed by atoms with van der Waals surface area (Å²) in [7, 11) is 0. The highest BCUT2D eigenvalue weighted by atomic mass is 16.3. The van der Waals surface area contributed by atoms with Gasteiger partial charge in [0.25, 0.3) is 5.91 Å². The third kappa shape index (κ3) is 3.05. The van der Waals surface area contributed by atoms with Gasteiger partial charge in [-0.15, -0.1) is 0 Å². The second kappa shape index (κ2) is 6.91. The molecule has 0 saturated carbocycles. The first-order valence-corrected chi connectivity index (χ1v) is 7.94. The Morgan fingerprint density at radius 3 is 2.70 bits per heavy atom. The summed E-state index contributed by atoms with van der Waals surface area (Å²) < 4.78 is 0. The van der Waals surface area contributed by atoms with Crippen LogP contribution in [0.1, 0.15) is 64.7 Å². The van der Waals surface area contributed by atoms with Crippen LogP contribution in [0.5, 0.6) is 0 Å². The molecule has 0 aromatic rings. The highest BCUT2D eigenvalue weighted by Gasteiger charge is 2.42. The fourth-order valence-corrected chi connectivity index (χ4v) is 3.15. The fourth-order valence-electron chi connectivity index (χ4n) is 3.15. The molecule has 2 aliphatic heterocycles. The molecule has 2 aliphatic rings. The zero-order valence-corrected chi connectivity index (χ0v) is 12.4. The van der Waals surface area contributed by atoms with Gasteiger partial charge < -0.3 is 10.0 Å². The van der Waals surface area contributed by atoms with Crippen molar-refractivity contribution in [3.05, 3.63) is 11.3 Å². The van der Waals surface area contributed by atoms with Gasteiger partial charge in [0.05, 0.1) is 6.04 Å². The Kier molecular flexibility index (Phi) is 5.21. The number of hydrogen-bond acceptors (Lipinski definition) is 3. The third-order valence-corrected chi connectivity index (χ3v) is 4.34. The second-order valence-electron chi connectivity index (χ2n) is 5.86. The van der Waals surface area contributed by atoms with Gasteiger partial charge in [-0.3, -0.25) is 9.59 Å². The third-order valence-electron chi connectivity index (χ3n) is 4.34. The van der Waals surface area contributed by atoms with Crippen molar-refractivity contribution in [2.75, 3.05) is 6.54 Å². The van der Waals surface area contributed by atoms with Gasteiger partial charge in [0.1, 0.15) is 11.3 Å². The van der Waals surface area contributed by atoms with Gasteiger partial charge in [0.15, 0.2) is 5.78 Å². The molecule has 2 rings (SSSR count). The van der Waals surface area contributed by atoms with Crippen molar-refractivity contribution in [1.82, 2.24) is 4.90 Å². The van der Waals surface area contributed by atoms with Crippen LogP contribution in [-0.2, 0) is 9.59 Å². The number of ketones is 1. The second-order valence-corrected chi connectivity index (χ2v) is 5.86. The van der Waals surface area contributed by atoms with Crippen molar-refractivity contribution in [2.45, 2.75) is 70.8 Å². The van der Waals surface area contributed by atoms with Crippen LogP contribution in [0.15, 0.2) is 11.3 Å². The fraction of sp³-hybridized carbons (Fsp3) is 0.750. The van der Waals surface area contributed by atoms with Crippen LogP contribution < -0.4 is 0 Å². The average molecular weight is 279 g/mol. The van der Waals surface area contributed by atoms with Gasteiger partial charge in [0, 0.05) is 13.0 Å². The van der Waals surface area contributed by atoms with Crippen molar-refractivity contribution in [3.63, 3.8) is 0 Å². The molecule has 0 aliphatic carbocycles. The summed E-state index contributed by atoms with van der Waals surface area (Å²) in [5.41, 5.74) is 0.0763. The number of amides is 1. The van der Waals surface area contributed by atoms with E-state index in [-0.39, 0.29) is 29.1 Å². The minimum Gasteiger partial charge on any atom is -0.509 e. The van der Waals surface area contributed by atoms with Gasteiger partial charge in [-0.25, -0.2) is 0 Å². The van der Waals surface area contributed by atoms with Crippen molar-refractivity contribution in [1.29, 1.82) is 0 Å². The van der Waals surface area contributed by atoms with Crippen molar-refractivity contribution < 1.29 is 14.7 Å². The van der Waals surface area contributed by atoms with Gasteiger partial charge in [-0.05, 0) is 25.7 Å². The van der Waals surface area contributed by atoms with Crippen LogP contribution in [0.3, 0.4) is 0 Å². The van der Waals surface area contributed by atoms with E-state index in [9.17, 15) is 14.7 Å². The molecular formula is C16H25NO3. The van der Waals surface area contributed by atoms with Crippen molar-refractivity contribution >= 4 is 11.7 Å². The number of piperidine rings is 1. The monoisotopic (exact) mass is 279 g/mol. The summed E-state index contributed by atoms with van der Waals surface area (Å²) in [5.74, 6) is -0.377. The van der Waals surface area contributed by atoms with Crippen LogP contribution in [0.2, 0.25) is 0 Å². The smallest absolute Gasteiger partial charge is 0.261 e. The lowest BCUT2D eigenvalue weighted by atomic mass is 10.0. The number of unbranched alkanes of at least 4 members (excludes halogenated alkanes) is 4. The molecule has 0 radical (unpaired) electrons. The molecule has 2 heterocycles. The number of nitrogens with zero attached hydrogens (tertiary/aromatic N) is 1. The van der Waals surface area contributed by atoms with E-state index in [4.69, 9.17) is 0 Å². The molecule has 0 aromatic heterocycles. The molecule has 1 amide bonds. The Morgan fingerprint density at radius 2 is 2.00 bits per heavy atom. The Hall–Kier alpha value is -1.32. The van der Waals surface area contributed by atoms with E-state index in [1.807, 2.05) is 0 Å². The lowest BCUT2D eigenvalue weighted by Gasteiger charge is -2.29. The minimum atomic E-state index is -0.245. The summed E-state index contributed by atoms with van der Waals surface area (Å²) in [6, 6.07) is -0.227. The standard InChI is InChI=1S/C16H25NO3/c1-2-3-4-5-6-10-13(18)14-15(19)12-9-7-8-11-17(12)16(14)20/h12,19H,2-11H2,1H3. The van der Waals surface area contributed by atoms with Gasteiger partial charge >= 0.3 is 0 Å². The van der Waals surface area contributed by atoms with E-state index in [0.29, 0.717) is 13.0 Å². The summed E-state index contributed by atoms with van der Waals surface area (Å²) in [6.45, 7) is 2.82. The zero-order valence-electron chi connectivity index (χ0n) is 12.4. The van der Waals surface area contributed by atoms with Crippen molar-refractivity contribution in [2.24, 2.45) is 0 Å². The molecule has 1 atom stereocenters. The molecule has 0 bridgehead atoms. The molecule has 0 aromatic carbocycles. The molecule has 0 spiro atoms. The lowest BCUT2D eigenvalue weighted by Crippen LogP contribution is -2.39. The largest absolute Gasteiger partial charge is 0.509 e. The molecule has 4 nitrogen and oxygen atoms in total. The Bertz CT molecular complexity index is 414. The van der Waals surface area contributed by atoms with Gasteiger partial charge in [-0.1, -0.05) is 32.6 Å². The first-order valence-electron chi connectivity index (χ1n) is 7.94. The Morgan fingerprint density at radius 1 is 1.25 bits per heavy atom. The van der Waals surface area contributed by atoms with Gasteiger partial charge in [0.2, 0.25) is 0 Å². The zero-order chi connectivity index (χ0) is 14.5. The number of aliphatic hydroxyl groups is 1. The predicted molar refractivity (Wildman–Crippen MR) is 77.4 cm³/mol. The first kappa shape index (κ1) is 15.1. The van der Waals surface area contributed by atoms with Crippen molar-refractivity contribution in [3.8, 4) is 0 Å². The Balaban J connectivity index is 1.91. The number of Topliss-reactive ketones (excluding diaryl/α,β-unsaturated/α-hetero) is 1. The van der Waals surface area contributed by atoms with Crippen LogP contribution in [0.4, 0.5) is 0 Å². The number of carbonyl (C=O) groups is 2. The maximum absolute atomic E-state index is 12.2. The topological polar surface area (TPSA) is 57.6 Å². The highest BCUT2D eigenvalue weighted by molar-refractivity contribution is 6.21. The minimum absolute atomic E-state index is 0.0354. The highest BCUT2D eigenvalue weighted by Crippen LogP contribution is 2.32. The van der Waals surface area contributed by atoms with Crippen LogP contribution in [0.25, 0.3) is 0 Å². The van der Waals surface area contributed by atoms with E-state index in [2.05, 4.69) is 6.92 Å². The number of carbonyl (C=O) groups excluding carboxylic acids is 2. The van der Waals surface area contributed by atoms with E-state index in [1.54, 1.807) is 4.90 Å². The SMILES string of the molecule is CCCCCCCC(=O)C1=C(O)C2CCCCN2C1=O. The Labute approximate surface area is 120 Å². The van der Waals surface area contributed by atoms with Crippen LogP contribution >= 0.6 is 0 Å². The molecule has 1 fully saturated rings. The quantitative estimate of drug-likeness (QED) is 0.575. The number of aliphatic hydroxyl groups excluding tert-OH is 1.